The van der Waals surface area contributed by atoms with Crippen LogP contribution in [0.15, 0.2) is 15.9 Å². The van der Waals surface area contributed by atoms with Crippen LogP contribution in [-0.4, -0.2) is 35.7 Å². The minimum Gasteiger partial charge on any atom is -0.444 e. The Hall–Kier alpha value is -0.590. The predicted molar refractivity (Wildman–Crippen MR) is 99.0 cm³/mol. The number of rotatable bonds is 3. The summed E-state index contributed by atoms with van der Waals surface area (Å²) in [6.07, 6.45) is 3.07. The van der Waals surface area contributed by atoms with Gasteiger partial charge in [-0.05, 0) is 62.5 Å². The smallest absolute Gasteiger partial charge is 0.410 e. The van der Waals surface area contributed by atoms with Crippen molar-refractivity contribution in [1.82, 2.24) is 10.2 Å². The zero-order chi connectivity index (χ0) is 17.0. The van der Waals surface area contributed by atoms with Gasteiger partial charge in [-0.3, -0.25) is 0 Å². The summed E-state index contributed by atoms with van der Waals surface area (Å²) in [5.74, 6) is 0. The topological polar surface area (TPSA) is 41.6 Å². The highest BCUT2D eigenvalue weighted by atomic mass is 79.9. The molecule has 2 rings (SSSR count). The minimum absolute atomic E-state index is 0.197. The molecule has 1 aliphatic rings. The molecule has 23 heavy (non-hydrogen) atoms. The maximum atomic E-state index is 12.3. The Bertz CT molecular complexity index is 527. The number of likely N-dealkylation sites (tertiary alicyclic amines) is 1. The first kappa shape index (κ1) is 18.7. The molecule has 0 bridgehead atoms. The standard InChI is InChI=1S/C17H27BrN2O2S/c1-12(15-9-13(18)11-23-15)19-14-7-5-6-8-20(10-14)16(21)22-17(2,3)4/h9,11-12,14,19H,5-8,10H2,1-4H3. The normalized spacial score (nSPS) is 20.9. The van der Waals surface area contributed by atoms with Crippen molar-refractivity contribution in [3.8, 4) is 0 Å². The van der Waals surface area contributed by atoms with Gasteiger partial charge < -0.3 is 15.0 Å². The summed E-state index contributed by atoms with van der Waals surface area (Å²) >= 11 is 5.26. The number of hydrogen-bond donors (Lipinski definition) is 1. The number of thiophene rings is 1. The summed E-state index contributed by atoms with van der Waals surface area (Å²) in [7, 11) is 0. The van der Waals surface area contributed by atoms with Gasteiger partial charge in [0.2, 0.25) is 0 Å². The van der Waals surface area contributed by atoms with E-state index in [0.717, 1.165) is 30.3 Å². The highest BCUT2D eigenvalue weighted by Crippen LogP contribution is 2.26. The summed E-state index contributed by atoms with van der Waals surface area (Å²) < 4.78 is 6.66. The van der Waals surface area contributed by atoms with Gasteiger partial charge in [-0.1, -0.05) is 6.42 Å². The van der Waals surface area contributed by atoms with Gasteiger partial charge in [-0.15, -0.1) is 11.3 Å². The number of ether oxygens (including phenoxy) is 1. The number of nitrogens with zero attached hydrogens (tertiary/aromatic N) is 1. The fourth-order valence-electron chi connectivity index (χ4n) is 2.76. The monoisotopic (exact) mass is 402 g/mol. The molecule has 0 aliphatic carbocycles. The molecule has 2 atom stereocenters. The third-order valence-corrected chi connectivity index (χ3v) is 5.70. The van der Waals surface area contributed by atoms with E-state index in [1.807, 2.05) is 25.7 Å². The second-order valence-electron chi connectivity index (χ2n) is 7.17. The molecule has 0 spiro atoms. The van der Waals surface area contributed by atoms with E-state index in [0.29, 0.717) is 12.6 Å². The van der Waals surface area contributed by atoms with Gasteiger partial charge in [0.1, 0.15) is 5.60 Å². The van der Waals surface area contributed by atoms with Crippen LogP contribution in [0, 0.1) is 0 Å². The van der Waals surface area contributed by atoms with E-state index in [1.165, 1.54) is 4.88 Å². The van der Waals surface area contributed by atoms with Gasteiger partial charge in [0.25, 0.3) is 0 Å². The fourth-order valence-corrected chi connectivity index (χ4v) is 4.22. The maximum absolute atomic E-state index is 12.3. The van der Waals surface area contributed by atoms with E-state index >= 15 is 0 Å². The average molecular weight is 403 g/mol. The van der Waals surface area contributed by atoms with Gasteiger partial charge in [-0.2, -0.15) is 0 Å². The summed E-state index contributed by atoms with van der Waals surface area (Å²) in [5.41, 5.74) is -0.442. The molecule has 0 aromatic carbocycles. The van der Waals surface area contributed by atoms with Crippen LogP contribution in [0.3, 0.4) is 0 Å². The van der Waals surface area contributed by atoms with Crippen molar-refractivity contribution in [3.05, 3.63) is 20.8 Å². The Morgan fingerprint density at radius 1 is 1.48 bits per heavy atom. The highest BCUT2D eigenvalue weighted by Gasteiger charge is 2.27. The molecule has 130 valence electrons. The largest absolute Gasteiger partial charge is 0.444 e. The van der Waals surface area contributed by atoms with Crippen LogP contribution in [0.4, 0.5) is 4.79 Å². The van der Waals surface area contributed by atoms with Crippen LogP contribution in [-0.2, 0) is 4.74 Å². The van der Waals surface area contributed by atoms with Gasteiger partial charge in [0.05, 0.1) is 0 Å². The van der Waals surface area contributed by atoms with Gasteiger partial charge in [0.15, 0.2) is 0 Å². The Kier molecular flexibility index (Phi) is 6.51. The van der Waals surface area contributed by atoms with Crippen molar-refractivity contribution in [2.75, 3.05) is 13.1 Å². The number of nitrogens with one attached hydrogen (secondary N) is 1. The van der Waals surface area contributed by atoms with E-state index in [1.54, 1.807) is 11.3 Å². The van der Waals surface area contributed by atoms with E-state index < -0.39 is 5.60 Å². The van der Waals surface area contributed by atoms with Crippen molar-refractivity contribution < 1.29 is 9.53 Å². The van der Waals surface area contributed by atoms with Crippen LogP contribution in [0.25, 0.3) is 0 Å². The summed E-state index contributed by atoms with van der Waals surface area (Å²) in [6.45, 7) is 9.42. The lowest BCUT2D eigenvalue weighted by molar-refractivity contribution is 0.0242. The van der Waals surface area contributed by atoms with Gasteiger partial charge >= 0.3 is 6.09 Å². The van der Waals surface area contributed by atoms with Crippen molar-refractivity contribution in [3.63, 3.8) is 0 Å². The number of amides is 1. The molecule has 6 heteroatoms. The second kappa shape index (κ2) is 7.99. The third-order valence-electron chi connectivity index (χ3n) is 3.82. The lowest BCUT2D eigenvalue weighted by Crippen LogP contribution is -2.44. The molecular weight excluding hydrogens is 376 g/mol. The van der Waals surface area contributed by atoms with Gasteiger partial charge in [0, 0.05) is 39.9 Å². The fraction of sp³-hybridized carbons (Fsp3) is 0.706. The molecule has 1 amide bonds. The van der Waals surface area contributed by atoms with Crippen LogP contribution in [0.2, 0.25) is 0 Å². The number of hydrogen-bond acceptors (Lipinski definition) is 4. The maximum Gasteiger partial charge on any atom is 0.410 e. The Morgan fingerprint density at radius 2 is 2.22 bits per heavy atom. The SMILES string of the molecule is CC(NC1CCCCN(C(=O)OC(C)(C)C)C1)c1cc(Br)cs1. The molecule has 1 N–H and O–H groups in total. The third kappa shape index (κ3) is 6.08. The Morgan fingerprint density at radius 3 is 2.83 bits per heavy atom. The zero-order valence-electron chi connectivity index (χ0n) is 14.4. The molecule has 4 nitrogen and oxygen atoms in total. The first-order valence-corrected chi connectivity index (χ1v) is 9.90. The lowest BCUT2D eigenvalue weighted by atomic mass is 10.1. The van der Waals surface area contributed by atoms with E-state index in [-0.39, 0.29) is 12.1 Å². The lowest BCUT2D eigenvalue weighted by Gasteiger charge is -2.29. The second-order valence-corrected chi connectivity index (χ2v) is 9.03. The average Bonchev–Trinajstić information content (AvgIpc) is 2.73. The summed E-state index contributed by atoms with van der Waals surface area (Å²) in [6, 6.07) is 2.75. The zero-order valence-corrected chi connectivity index (χ0v) is 16.8. The molecular formula is C17H27BrN2O2S. The van der Waals surface area contributed by atoms with E-state index in [9.17, 15) is 4.79 Å². The van der Waals surface area contributed by atoms with E-state index in [2.05, 4.69) is 39.6 Å². The molecule has 1 saturated heterocycles. The van der Waals surface area contributed by atoms with Gasteiger partial charge in [-0.25, -0.2) is 4.79 Å². The van der Waals surface area contributed by atoms with Crippen LogP contribution in [0.5, 0.6) is 0 Å². The van der Waals surface area contributed by atoms with Crippen LogP contribution >= 0.6 is 27.3 Å². The van der Waals surface area contributed by atoms with Crippen LogP contribution in [0.1, 0.15) is 57.9 Å². The molecule has 1 aliphatic heterocycles. The molecule has 1 aromatic rings. The molecule has 2 heterocycles. The Balaban J connectivity index is 1.95. The first-order valence-electron chi connectivity index (χ1n) is 8.22. The van der Waals surface area contributed by atoms with Crippen LogP contribution < -0.4 is 5.32 Å². The molecule has 1 aromatic heterocycles. The quantitative estimate of drug-likeness (QED) is 0.777. The number of carbonyl (C=O) groups excluding carboxylic acids is 1. The minimum atomic E-state index is -0.442. The van der Waals surface area contributed by atoms with E-state index in [4.69, 9.17) is 4.74 Å². The summed E-state index contributed by atoms with van der Waals surface area (Å²) in [4.78, 5) is 15.5. The number of carbonyl (C=O) groups is 1. The summed E-state index contributed by atoms with van der Waals surface area (Å²) in [5, 5.41) is 5.78. The highest BCUT2D eigenvalue weighted by molar-refractivity contribution is 9.10. The van der Waals surface area contributed by atoms with Crippen molar-refractivity contribution in [1.29, 1.82) is 0 Å². The number of halogens is 1. The molecule has 2 unspecified atom stereocenters. The van der Waals surface area contributed by atoms with Crippen molar-refractivity contribution >= 4 is 33.4 Å². The first-order chi connectivity index (χ1) is 10.7. The molecule has 0 radical (unpaired) electrons. The Labute approximate surface area is 151 Å². The predicted octanol–water partition coefficient (Wildman–Crippen LogP) is 4.95. The molecule has 1 fully saturated rings. The van der Waals surface area contributed by atoms with Crippen molar-refractivity contribution in [2.45, 2.75) is 64.6 Å². The van der Waals surface area contributed by atoms with Crippen molar-refractivity contribution in [2.24, 2.45) is 0 Å². The molecule has 0 saturated carbocycles.